The van der Waals surface area contributed by atoms with E-state index >= 15 is 0 Å². The molecule has 2 atom stereocenters. The number of hydrogen-bond acceptors (Lipinski definition) is 5. The van der Waals surface area contributed by atoms with Gasteiger partial charge < -0.3 is 15.0 Å². The Morgan fingerprint density at radius 1 is 1.33 bits per heavy atom. The highest BCUT2D eigenvalue weighted by molar-refractivity contribution is 7.89. The van der Waals surface area contributed by atoms with Crippen molar-refractivity contribution in [2.45, 2.75) is 19.0 Å². The minimum atomic E-state index is -3.38. The van der Waals surface area contributed by atoms with Crippen molar-refractivity contribution in [3.05, 3.63) is 34.7 Å². The Labute approximate surface area is 157 Å². The maximum Gasteiger partial charge on any atom is 0.326 e. The van der Waals surface area contributed by atoms with E-state index in [1.54, 1.807) is 6.07 Å². The van der Waals surface area contributed by atoms with Crippen LogP contribution in [0.15, 0.2) is 29.1 Å². The van der Waals surface area contributed by atoms with E-state index in [2.05, 4.69) is 10.3 Å². The van der Waals surface area contributed by atoms with Crippen molar-refractivity contribution in [1.29, 1.82) is 0 Å². The first-order chi connectivity index (χ1) is 12.8. The zero-order valence-corrected chi connectivity index (χ0v) is 16.2. The molecule has 0 unspecified atom stereocenters. The predicted molar refractivity (Wildman–Crippen MR) is 101 cm³/mol. The highest BCUT2D eigenvalue weighted by Gasteiger charge is 2.34. The van der Waals surface area contributed by atoms with Crippen LogP contribution in [0.5, 0.6) is 0 Å². The second-order valence-corrected chi connectivity index (χ2v) is 9.11. The second kappa shape index (κ2) is 7.83. The fraction of sp³-hybridized carbons (Fsp3) is 0.529. The summed E-state index contributed by atoms with van der Waals surface area (Å²) in [6.07, 6.45) is 0.116. The smallest absolute Gasteiger partial charge is 0.326 e. The molecule has 3 rings (SSSR count). The van der Waals surface area contributed by atoms with Gasteiger partial charge in [0.2, 0.25) is 15.9 Å². The van der Waals surface area contributed by atoms with Crippen LogP contribution in [0.4, 0.5) is 0 Å². The van der Waals surface area contributed by atoms with Crippen molar-refractivity contribution < 1.29 is 17.9 Å². The fourth-order valence-corrected chi connectivity index (χ4v) is 4.33. The molecular formula is C17H24N4O5S. The summed E-state index contributed by atoms with van der Waals surface area (Å²) in [4.78, 5) is 27.1. The number of aryl methyl sites for hydroxylation is 1. The highest BCUT2D eigenvalue weighted by atomic mass is 32.2. The molecule has 0 radical (unpaired) electrons. The summed E-state index contributed by atoms with van der Waals surface area (Å²) in [5.74, 6) is -0.612. The number of fused-ring (bicyclic) bond motifs is 1. The summed E-state index contributed by atoms with van der Waals surface area (Å²) in [5.41, 5.74) is 1.21. The first-order valence-corrected chi connectivity index (χ1v) is 10.3. The third-order valence-corrected chi connectivity index (χ3v) is 6.73. The summed E-state index contributed by atoms with van der Waals surface area (Å²) >= 11 is 0. The molecular weight excluding hydrogens is 372 g/mol. The van der Waals surface area contributed by atoms with Crippen molar-refractivity contribution in [3.63, 3.8) is 0 Å². The number of para-hydroxylation sites is 2. The molecule has 2 aromatic rings. The lowest BCUT2D eigenvalue weighted by Crippen LogP contribution is -2.43. The molecule has 1 saturated heterocycles. The molecule has 9 nitrogen and oxygen atoms in total. The van der Waals surface area contributed by atoms with Gasteiger partial charge in [-0.2, -0.15) is 0 Å². The Hall–Kier alpha value is -2.17. The zero-order valence-electron chi connectivity index (χ0n) is 15.3. The lowest BCUT2D eigenvalue weighted by Gasteiger charge is -2.21. The summed E-state index contributed by atoms with van der Waals surface area (Å²) in [6.45, 7) is 0.815. The van der Waals surface area contributed by atoms with E-state index < -0.39 is 10.0 Å². The lowest BCUT2D eigenvalue weighted by molar-refractivity contribution is -0.122. The lowest BCUT2D eigenvalue weighted by atomic mass is 10.1. The Kier molecular flexibility index (Phi) is 5.68. The number of hydrogen-bond donors (Lipinski definition) is 2. The quantitative estimate of drug-likeness (QED) is 0.670. The molecule has 27 heavy (non-hydrogen) atoms. The summed E-state index contributed by atoms with van der Waals surface area (Å²) < 4.78 is 32.2. The van der Waals surface area contributed by atoms with Crippen LogP contribution in [0.25, 0.3) is 11.0 Å². The van der Waals surface area contributed by atoms with E-state index in [0.29, 0.717) is 6.61 Å². The highest BCUT2D eigenvalue weighted by Crippen LogP contribution is 2.17. The molecule has 1 amide bonds. The average Bonchev–Trinajstić information content (AvgIpc) is 3.15. The van der Waals surface area contributed by atoms with Crippen LogP contribution in [0.1, 0.15) is 6.42 Å². The summed E-state index contributed by atoms with van der Waals surface area (Å²) in [6, 6.07) is 6.93. The third kappa shape index (κ3) is 4.40. The maximum atomic E-state index is 12.3. The van der Waals surface area contributed by atoms with Crippen LogP contribution < -0.4 is 11.0 Å². The maximum absolute atomic E-state index is 12.3. The molecule has 1 aromatic carbocycles. The number of nitrogens with zero attached hydrogens (tertiary/aromatic N) is 2. The van der Waals surface area contributed by atoms with E-state index in [-0.39, 0.29) is 48.9 Å². The van der Waals surface area contributed by atoms with E-state index in [9.17, 15) is 18.0 Å². The Morgan fingerprint density at radius 3 is 2.81 bits per heavy atom. The standard InChI is InChI=1S/C17H24N4O5S/c1-20(2)27(24,25)11-12-9-26-10-14(12)18-16(22)7-8-21-15-6-4-3-5-13(15)19-17(21)23/h3-6,12,14H,7-11H2,1-2H3,(H,18,22)(H,19,23)/t12-,14-/m0/s1. The normalized spacial score (nSPS) is 20.4. The monoisotopic (exact) mass is 396 g/mol. The van der Waals surface area contributed by atoms with Crippen LogP contribution in [0.3, 0.4) is 0 Å². The largest absolute Gasteiger partial charge is 0.379 e. The van der Waals surface area contributed by atoms with Gasteiger partial charge in [-0.05, 0) is 12.1 Å². The van der Waals surface area contributed by atoms with Crippen LogP contribution in [0.2, 0.25) is 0 Å². The van der Waals surface area contributed by atoms with Gasteiger partial charge in [0.1, 0.15) is 0 Å². The Balaban J connectivity index is 1.60. The number of imidazole rings is 1. The second-order valence-electron chi connectivity index (χ2n) is 6.88. The van der Waals surface area contributed by atoms with Gasteiger partial charge >= 0.3 is 5.69 Å². The molecule has 1 aliphatic heterocycles. The number of nitrogens with one attached hydrogen (secondary N) is 2. The van der Waals surface area contributed by atoms with Gasteiger partial charge in [0.25, 0.3) is 0 Å². The van der Waals surface area contributed by atoms with E-state index in [4.69, 9.17) is 4.74 Å². The first-order valence-electron chi connectivity index (χ1n) is 8.73. The molecule has 1 aliphatic rings. The van der Waals surface area contributed by atoms with Crippen molar-refractivity contribution in [2.24, 2.45) is 5.92 Å². The molecule has 2 heterocycles. The number of amides is 1. The SMILES string of the molecule is CN(C)S(=O)(=O)C[C@@H]1COC[C@@H]1NC(=O)CCn1c(=O)[nH]c2ccccc21. The minimum Gasteiger partial charge on any atom is -0.379 e. The number of aromatic nitrogens is 2. The number of rotatable bonds is 7. The Morgan fingerprint density at radius 2 is 2.07 bits per heavy atom. The van der Waals surface area contributed by atoms with Crippen molar-refractivity contribution in [3.8, 4) is 0 Å². The number of aromatic amines is 1. The summed E-state index contributed by atoms with van der Waals surface area (Å²) in [5, 5.41) is 2.85. The number of sulfonamides is 1. The van der Waals surface area contributed by atoms with E-state index in [0.717, 1.165) is 11.0 Å². The first kappa shape index (κ1) is 19.6. The van der Waals surface area contributed by atoms with Crippen LogP contribution in [0, 0.1) is 5.92 Å². The molecule has 0 bridgehead atoms. The van der Waals surface area contributed by atoms with Gasteiger partial charge in [0.15, 0.2) is 0 Å². The molecule has 1 aromatic heterocycles. The fourth-order valence-electron chi connectivity index (χ4n) is 3.16. The third-order valence-electron chi connectivity index (χ3n) is 4.77. The molecule has 0 aliphatic carbocycles. The number of H-pyrrole nitrogens is 1. The Bertz CT molecular complexity index is 979. The number of benzene rings is 1. The van der Waals surface area contributed by atoms with Gasteiger partial charge in [-0.25, -0.2) is 17.5 Å². The van der Waals surface area contributed by atoms with Gasteiger partial charge in [0, 0.05) is 33.0 Å². The number of ether oxygens (including phenoxy) is 1. The van der Waals surface area contributed by atoms with E-state index in [1.165, 1.54) is 23.0 Å². The van der Waals surface area contributed by atoms with Crippen LogP contribution in [-0.2, 0) is 26.1 Å². The molecule has 10 heteroatoms. The molecule has 0 spiro atoms. The number of carbonyl (C=O) groups is 1. The molecule has 0 saturated carbocycles. The van der Waals surface area contributed by atoms with Crippen LogP contribution in [-0.4, -0.2) is 67.3 Å². The topological polar surface area (TPSA) is 114 Å². The number of carbonyl (C=O) groups excluding carboxylic acids is 1. The van der Waals surface area contributed by atoms with Gasteiger partial charge in [0.05, 0.1) is 36.0 Å². The summed E-state index contributed by atoms with van der Waals surface area (Å²) in [7, 11) is -0.408. The van der Waals surface area contributed by atoms with Crippen molar-refractivity contribution in [1.82, 2.24) is 19.2 Å². The average molecular weight is 396 g/mol. The van der Waals surface area contributed by atoms with Crippen molar-refractivity contribution >= 4 is 27.0 Å². The molecule has 2 N–H and O–H groups in total. The van der Waals surface area contributed by atoms with Crippen molar-refractivity contribution in [2.75, 3.05) is 33.1 Å². The molecule has 148 valence electrons. The van der Waals surface area contributed by atoms with Gasteiger partial charge in [-0.3, -0.25) is 9.36 Å². The van der Waals surface area contributed by atoms with Crippen LogP contribution >= 0.6 is 0 Å². The minimum absolute atomic E-state index is 0.0765. The van der Waals surface area contributed by atoms with Gasteiger partial charge in [-0.1, -0.05) is 12.1 Å². The van der Waals surface area contributed by atoms with E-state index in [1.807, 2.05) is 18.2 Å². The molecule has 1 fully saturated rings. The van der Waals surface area contributed by atoms with Gasteiger partial charge in [-0.15, -0.1) is 0 Å². The predicted octanol–water partition coefficient (Wildman–Crippen LogP) is -0.258. The zero-order chi connectivity index (χ0) is 19.6.